The molecule has 2 aromatic rings. The molecule has 0 spiro atoms. The first-order chi connectivity index (χ1) is 12.5. The molecule has 2 fully saturated rings. The van der Waals surface area contributed by atoms with Crippen molar-refractivity contribution >= 4 is 11.7 Å². The standard InChI is InChI=1S/C21H26N4O/c1-13-14(2)22-15(3)23-21(13)24-10-18-11-25(16(4)26)20(19(18)12-24)17-8-6-5-7-9-17/h5-9,18-20H,10-12H2,1-4H3/t18-,19-,20-/m1/s1. The Hall–Kier alpha value is -2.43. The summed E-state index contributed by atoms with van der Waals surface area (Å²) in [5.41, 5.74) is 3.45. The predicted octanol–water partition coefficient (Wildman–Crippen LogP) is 3.06. The fraction of sp³-hybridized carbons (Fsp3) is 0.476. The second-order valence-corrected chi connectivity index (χ2v) is 7.66. The van der Waals surface area contributed by atoms with E-state index in [9.17, 15) is 4.79 Å². The van der Waals surface area contributed by atoms with Gasteiger partial charge in [0.1, 0.15) is 11.6 Å². The molecule has 26 heavy (non-hydrogen) atoms. The van der Waals surface area contributed by atoms with Gasteiger partial charge in [0.05, 0.1) is 6.04 Å². The molecule has 1 aromatic carbocycles. The molecule has 5 nitrogen and oxygen atoms in total. The molecule has 3 atom stereocenters. The Morgan fingerprint density at radius 2 is 1.77 bits per heavy atom. The van der Waals surface area contributed by atoms with Crippen molar-refractivity contribution in [2.75, 3.05) is 24.5 Å². The zero-order valence-electron chi connectivity index (χ0n) is 15.9. The second-order valence-electron chi connectivity index (χ2n) is 7.66. The van der Waals surface area contributed by atoms with Crippen LogP contribution in [0.3, 0.4) is 0 Å². The molecular weight excluding hydrogens is 324 g/mol. The van der Waals surface area contributed by atoms with Gasteiger partial charge in [-0.05, 0) is 26.3 Å². The summed E-state index contributed by atoms with van der Waals surface area (Å²) < 4.78 is 0. The second kappa shape index (κ2) is 6.38. The minimum Gasteiger partial charge on any atom is -0.356 e. The number of benzene rings is 1. The number of aromatic nitrogens is 2. The van der Waals surface area contributed by atoms with Crippen LogP contribution in [0.2, 0.25) is 0 Å². The summed E-state index contributed by atoms with van der Waals surface area (Å²) in [5.74, 6) is 2.98. The number of carbonyl (C=O) groups is 1. The van der Waals surface area contributed by atoms with Crippen LogP contribution < -0.4 is 4.90 Å². The Bertz CT molecular complexity index is 835. The van der Waals surface area contributed by atoms with Crippen molar-refractivity contribution < 1.29 is 4.79 Å². The SMILES string of the molecule is CC(=O)N1C[C@H]2CN(c3nc(C)nc(C)c3C)C[C@H]2[C@H]1c1ccccc1. The molecule has 0 aliphatic carbocycles. The molecule has 0 N–H and O–H groups in total. The van der Waals surface area contributed by atoms with Gasteiger partial charge in [0.15, 0.2) is 0 Å². The van der Waals surface area contributed by atoms with Gasteiger partial charge in [-0.25, -0.2) is 9.97 Å². The van der Waals surface area contributed by atoms with Crippen molar-refractivity contribution in [3.05, 3.63) is 53.0 Å². The van der Waals surface area contributed by atoms with Crippen LogP contribution in [0.5, 0.6) is 0 Å². The van der Waals surface area contributed by atoms with E-state index in [-0.39, 0.29) is 11.9 Å². The van der Waals surface area contributed by atoms with E-state index in [0.29, 0.717) is 11.8 Å². The normalized spacial score (nSPS) is 24.8. The first-order valence-corrected chi connectivity index (χ1v) is 9.34. The lowest BCUT2D eigenvalue weighted by Gasteiger charge is -2.30. The van der Waals surface area contributed by atoms with E-state index < -0.39 is 0 Å². The molecule has 3 heterocycles. The summed E-state index contributed by atoms with van der Waals surface area (Å²) >= 11 is 0. The summed E-state index contributed by atoms with van der Waals surface area (Å²) in [7, 11) is 0. The van der Waals surface area contributed by atoms with Crippen molar-refractivity contribution in [2.45, 2.75) is 33.7 Å². The van der Waals surface area contributed by atoms with Gasteiger partial charge in [-0.3, -0.25) is 4.79 Å². The van der Waals surface area contributed by atoms with Crippen molar-refractivity contribution in [1.82, 2.24) is 14.9 Å². The highest BCUT2D eigenvalue weighted by molar-refractivity contribution is 5.74. The van der Waals surface area contributed by atoms with Crippen LogP contribution in [0.25, 0.3) is 0 Å². The van der Waals surface area contributed by atoms with E-state index in [0.717, 1.165) is 42.5 Å². The summed E-state index contributed by atoms with van der Waals surface area (Å²) in [5, 5.41) is 0. The molecule has 136 valence electrons. The monoisotopic (exact) mass is 350 g/mol. The van der Waals surface area contributed by atoms with Gasteiger partial charge < -0.3 is 9.80 Å². The van der Waals surface area contributed by atoms with E-state index in [2.05, 4.69) is 52.9 Å². The highest BCUT2D eigenvalue weighted by Gasteiger charge is 2.48. The average Bonchev–Trinajstić information content (AvgIpc) is 3.16. The molecule has 2 aliphatic heterocycles. The third kappa shape index (κ3) is 2.75. The number of likely N-dealkylation sites (tertiary alicyclic amines) is 1. The molecule has 2 saturated heterocycles. The van der Waals surface area contributed by atoms with E-state index in [4.69, 9.17) is 4.98 Å². The highest BCUT2D eigenvalue weighted by atomic mass is 16.2. The number of anilines is 1. The predicted molar refractivity (Wildman–Crippen MR) is 102 cm³/mol. The van der Waals surface area contributed by atoms with Crippen LogP contribution in [-0.4, -0.2) is 40.4 Å². The van der Waals surface area contributed by atoms with E-state index in [1.54, 1.807) is 6.92 Å². The van der Waals surface area contributed by atoms with E-state index >= 15 is 0 Å². The summed E-state index contributed by atoms with van der Waals surface area (Å²) in [4.78, 5) is 25.9. The molecule has 5 heteroatoms. The van der Waals surface area contributed by atoms with Crippen molar-refractivity contribution in [3.8, 4) is 0 Å². The molecular formula is C21H26N4O. The maximum atomic E-state index is 12.2. The minimum absolute atomic E-state index is 0.160. The maximum Gasteiger partial charge on any atom is 0.219 e. The van der Waals surface area contributed by atoms with E-state index in [1.807, 2.05) is 13.0 Å². The van der Waals surface area contributed by atoms with Gasteiger partial charge >= 0.3 is 0 Å². The number of aryl methyl sites for hydroxylation is 2. The number of amides is 1. The van der Waals surface area contributed by atoms with E-state index in [1.165, 1.54) is 5.56 Å². The lowest BCUT2D eigenvalue weighted by Crippen LogP contribution is -2.34. The Kier molecular flexibility index (Phi) is 4.17. The maximum absolute atomic E-state index is 12.2. The quantitative estimate of drug-likeness (QED) is 0.835. The zero-order chi connectivity index (χ0) is 18.4. The topological polar surface area (TPSA) is 49.3 Å². The van der Waals surface area contributed by atoms with Crippen LogP contribution >= 0.6 is 0 Å². The largest absolute Gasteiger partial charge is 0.356 e. The third-order valence-corrected chi connectivity index (χ3v) is 5.98. The van der Waals surface area contributed by atoms with Crippen LogP contribution in [0.15, 0.2) is 30.3 Å². The Morgan fingerprint density at radius 1 is 1.04 bits per heavy atom. The third-order valence-electron chi connectivity index (χ3n) is 5.98. The van der Waals surface area contributed by atoms with Gasteiger partial charge in [-0.1, -0.05) is 30.3 Å². The molecule has 0 bridgehead atoms. The van der Waals surface area contributed by atoms with Gasteiger partial charge in [0.25, 0.3) is 0 Å². The van der Waals surface area contributed by atoms with Crippen LogP contribution in [0.4, 0.5) is 5.82 Å². The molecule has 2 aliphatic rings. The number of rotatable bonds is 2. The Balaban J connectivity index is 1.66. The van der Waals surface area contributed by atoms with Crippen molar-refractivity contribution in [3.63, 3.8) is 0 Å². The molecule has 4 rings (SSSR count). The van der Waals surface area contributed by atoms with Crippen molar-refractivity contribution in [1.29, 1.82) is 0 Å². The lowest BCUT2D eigenvalue weighted by molar-refractivity contribution is -0.130. The lowest BCUT2D eigenvalue weighted by atomic mass is 9.89. The summed E-state index contributed by atoms with van der Waals surface area (Å²) in [6, 6.07) is 10.6. The first kappa shape index (κ1) is 17.0. The number of carbonyl (C=O) groups excluding carboxylic acids is 1. The number of hydrogen-bond acceptors (Lipinski definition) is 4. The molecule has 0 unspecified atom stereocenters. The first-order valence-electron chi connectivity index (χ1n) is 9.34. The summed E-state index contributed by atoms with van der Waals surface area (Å²) in [6.07, 6.45) is 0. The highest BCUT2D eigenvalue weighted by Crippen LogP contribution is 2.46. The minimum atomic E-state index is 0.160. The van der Waals surface area contributed by atoms with Gasteiger partial charge in [-0.2, -0.15) is 0 Å². The number of fused-ring (bicyclic) bond motifs is 1. The zero-order valence-corrected chi connectivity index (χ0v) is 15.9. The molecule has 1 aromatic heterocycles. The fourth-order valence-corrected chi connectivity index (χ4v) is 4.68. The molecule has 0 radical (unpaired) electrons. The van der Waals surface area contributed by atoms with Crippen LogP contribution in [0, 0.1) is 32.6 Å². The Labute approximate surface area is 155 Å². The van der Waals surface area contributed by atoms with Gasteiger partial charge in [0.2, 0.25) is 5.91 Å². The van der Waals surface area contributed by atoms with Crippen molar-refractivity contribution in [2.24, 2.45) is 11.8 Å². The average molecular weight is 350 g/mol. The molecule has 1 amide bonds. The van der Waals surface area contributed by atoms with Gasteiger partial charge in [-0.15, -0.1) is 0 Å². The molecule has 0 saturated carbocycles. The van der Waals surface area contributed by atoms with Crippen LogP contribution in [-0.2, 0) is 4.79 Å². The fourth-order valence-electron chi connectivity index (χ4n) is 4.68. The van der Waals surface area contributed by atoms with Crippen LogP contribution in [0.1, 0.15) is 35.6 Å². The Morgan fingerprint density at radius 3 is 2.46 bits per heavy atom. The number of nitrogens with zero attached hydrogens (tertiary/aromatic N) is 4. The smallest absolute Gasteiger partial charge is 0.219 e. The number of hydrogen-bond donors (Lipinski definition) is 0. The van der Waals surface area contributed by atoms with Gasteiger partial charge in [0, 0.05) is 49.7 Å². The summed E-state index contributed by atoms with van der Waals surface area (Å²) in [6.45, 7) is 10.5.